The summed E-state index contributed by atoms with van der Waals surface area (Å²) in [5, 5.41) is 9.17. The standard InChI is InChI=1S/C15H20N2O4S/c1-10-6-7-11(14(18)21-5)8-12(10)22(19,20)17-13(9-16)15(2,3)4/h6-8,13,17H,1-5H3/t13-/m1/s1. The molecule has 1 atom stereocenters. The van der Waals surface area contributed by atoms with Gasteiger partial charge in [-0.2, -0.15) is 9.98 Å². The van der Waals surface area contributed by atoms with E-state index in [1.807, 2.05) is 6.07 Å². The number of hydrogen-bond acceptors (Lipinski definition) is 5. The van der Waals surface area contributed by atoms with Crippen molar-refractivity contribution in [1.82, 2.24) is 4.72 Å². The fourth-order valence-electron chi connectivity index (χ4n) is 1.75. The van der Waals surface area contributed by atoms with E-state index in [9.17, 15) is 18.5 Å². The van der Waals surface area contributed by atoms with E-state index < -0.39 is 27.4 Å². The second kappa shape index (κ2) is 6.46. The number of nitriles is 1. The summed E-state index contributed by atoms with van der Waals surface area (Å²) >= 11 is 0. The lowest BCUT2D eigenvalue weighted by molar-refractivity contribution is 0.0600. The van der Waals surface area contributed by atoms with E-state index in [4.69, 9.17) is 0 Å². The van der Waals surface area contributed by atoms with E-state index in [1.165, 1.54) is 25.3 Å². The first-order valence-electron chi connectivity index (χ1n) is 6.64. The van der Waals surface area contributed by atoms with Crippen molar-refractivity contribution < 1.29 is 17.9 Å². The van der Waals surface area contributed by atoms with Crippen LogP contribution >= 0.6 is 0 Å². The quantitative estimate of drug-likeness (QED) is 0.854. The number of carbonyl (C=O) groups excluding carboxylic acids is 1. The topological polar surface area (TPSA) is 96.3 Å². The molecule has 1 aromatic rings. The third-order valence-corrected chi connectivity index (χ3v) is 4.73. The fourth-order valence-corrected chi connectivity index (χ4v) is 3.37. The summed E-state index contributed by atoms with van der Waals surface area (Å²) in [5.74, 6) is -0.621. The number of carbonyl (C=O) groups is 1. The zero-order valence-electron chi connectivity index (χ0n) is 13.3. The molecule has 0 bridgehead atoms. The summed E-state index contributed by atoms with van der Waals surface area (Å²) in [7, 11) is -2.71. The highest BCUT2D eigenvalue weighted by Crippen LogP contribution is 2.23. The molecule has 0 radical (unpaired) electrons. The first-order chi connectivity index (χ1) is 10.0. The van der Waals surface area contributed by atoms with Crippen LogP contribution in [0, 0.1) is 23.7 Å². The summed E-state index contributed by atoms with van der Waals surface area (Å²) in [5.41, 5.74) is 0.0545. The van der Waals surface area contributed by atoms with Crippen molar-refractivity contribution in [3.8, 4) is 6.07 Å². The lowest BCUT2D eigenvalue weighted by atomic mass is 9.88. The van der Waals surface area contributed by atoms with Crippen molar-refractivity contribution in [2.75, 3.05) is 7.11 Å². The molecule has 1 rings (SSSR count). The molecule has 1 N–H and O–H groups in total. The summed E-state index contributed by atoms with van der Waals surface area (Å²) in [6.45, 7) is 6.91. The lowest BCUT2D eigenvalue weighted by Gasteiger charge is -2.25. The van der Waals surface area contributed by atoms with Crippen molar-refractivity contribution in [3.63, 3.8) is 0 Å². The van der Waals surface area contributed by atoms with Crippen LogP contribution in [0.15, 0.2) is 23.1 Å². The average molecular weight is 324 g/mol. The van der Waals surface area contributed by atoms with Crippen LogP contribution in [0.2, 0.25) is 0 Å². The maximum absolute atomic E-state index is 12.5. The van der Waals surface area contributed by atoms with Crippen molar-refractivity contribution in [2.45, 2.75) is 38.6 Å². The van der Waals surface area contributed by atoms with E-state index in [2.05, 4.69) is 9.46 Å². The largest absolute Gasteiger partial charge is 0.465 e. The van der Waals surface area contributed by atoms with Gasteiger partial charge in [0.2, 0.25) is 10.0 Å². The zero-order valence-corrected chi connectivity index (χ0v) is 14.1. The lowest BCUT2D eigenvalue weighted by Crippen LogP contribution is -2.42. The Kier molecular flexibility index (Phi) is 5.33. The number of methoxy groups -OCH3 is 1. The second-order valence-electron chi connectivity index (χ2n) is 6.02. The van der Waals surface area contributed by atoms with Gasteiger partial charge in [0.05, 0.1) is 23.6 Å². The van der Waals surface area contributed by atoms with Gasteiger partial charge >= 0.3 is 5.97 Å². The van der Waals surface area contributed by atoms with E-state index in [1.54, 1.807) is 27.7 Å². The van der Waals surface area contributed by atoms with E-state index in [0.717, 1.165) is 0 Å². The van der Waals surface area contributed by atoms with Crippen LogP contribution in [-0.4, -0.2) is 27.5 Å². The van der Waals surface area contributed by atoms with Gasteiger partial charge in [-0.05, 0) is 30.0 Å². The Morgan fingerprint density at radius 3 is 2.41 bits per heavy atom. The number of aryl methyl sites for hydroxylation is 1. The molecule has 0 saturated carbocycles. The van der Waals surface area contributed by atoms with E-state index >= 15 is 0 Å². The third kappa shape index (κ3) is 4.06. The van der Waals surface area contributed by atoms with Crippen LogP contribution in [0.25, 0.3) is 0 Å². The summed E-state index contributed by atoms with van der Waals surface area (Å²) in [4.78, 5) is 11.5. The minimum atomic E-state index is -3.93. The number of hydrogen-bond donors (Lipinski definition) is 1. The molecule has 0 amide bonds. The molecular weight excluding hydrogens is 304 g/mol. The predicted molar refractivity (Wildman–Crippen MR) is 81.7 cm³/mol. The van der Waals surface area contributed by atoms with Crippen molar-refractivity contribution in [3.05, 3.63) is 29.3 Å². The van der Waals surface area contributed by atoms with Crippen LogP contribution in [0.3, 0.4) is 0 Å². The molecule has 0 heterocycles. The molecule has 0 aromatic heterocycles. The summed E-state index contributed by atoms with van der Waals surface area (Å²) < 4.78 is 32.0. The van der Waals surface area contributed by atoms with Gasteiger partial charge in [-0.25, -0.2) is 13.2 Å². The molecule has 0 aliphatic heterocycles. The van der Waals surface area contributed by atoms with Crippen LogP contribution in [0.1, 0.15) is 36.7 Å². The monoisotopic (exact) mass is 324 g/mol. The van der Waals surface area contributed by atoms with Gasteiger partial charge in [0, 0.05) is 0 Å². The first kappa shape index (κ1) is 18.1. The molecule has 0 aliphatic carbocycles. The van der Waals surface area contributed by atoms with Gasteiger partial charge in [0.15, 0.2) is 0 Å². The van der Waals surface area contributed by atoms with Gasteiger partial charge in [0.1, 0.15) is 6.04 Å². The summed E-state index contributed by atoms with van der Waals surface area (Å²) in [6, 6.07) is 5.33. The number of benzene rings is 1. The van der Waals surface area contributed by atoms with Crippen molar-refractivity contribution in [2.24, 2.45) is 5.41 Å². The number of ether oxygens (including phenoxy) is 1. The number of nitrogens with one attached hydrogen (secondary N) is 1. The smallest absolute Gasteiger partial charge is 0.337 e. The zero-order chi connectivity index (χ0) is 17.1. The second-order valence-corrected chi connectivity index (χ2v) is 7.70. The van der Waals surface area contributed by atoms with Crippen LogP contribution < -0.4 is 4.72 Å². The Morgan fingerprint density at radius 1 is 1.36 bits per heavy atom. The van der Waals surface area contributed by atoms with Crippen molar-refractivity contribution >= 4 is 16.0 Å². The molecular formula is C15H20N2O4S. The number of sulfonamides is 1. The van der Waals surface area contributed by atoms with Crippen molar-refractivity contribution in [1.29, 1.82) is 5.26 Å². The fraction of sp³-hybridized carbons (Fsp3) is 0.467. The minimum Gasteiger partial charge on any atom is -0.465 e. The molecule has 6 nitrogen and oxygen atoms in total. The number of esters is 1. The third-order valence-electron chi connectivity index (χ3n) is 3.17. The molecule has 22 heavy (non-hydrogen) atoms. The van der Waals surface area contributed by atoms with Gasteiger partial charge in [-0.1, -0.05) is 26.8 Å². The van der Waals surface area contributed by atoms with Crippen LogP contribution in [0.5, 0.6) is 0 Å². The highest BCUT2D eigenvalue weighted by Gasteiger charge is 2.30. The highest BCUT2D eigenvalue weighted by molar-refractivity contribution is 7.89. The van der Waals surface area contributed by atoms with E-state index in [0.29, 0.717) is 5.56 Å². The molecule has 0 spiro atoms. The highest BCUT2D eigenvalue weighted by atomic mass is 32.2. The SMILES string of the molecule is COC(=O)c1ccc(C)c(S(=O)(=O)N[C@H](C#N)C(C)(C)C)c1. The Hall–Kier alpha value is -1.91. The van der Waals surface area contributed by atoms with E-state index in [-0.39, 0.29) is 10.5 Å². The Labute approximate surface area is 131 Å². The molecule has 0 unspecified atom stereocenters. The maximum atomic E-state index is 12.5. The molecule has 0 saturated heterocycles. The van der Waals surface area contributed by atoms with Crippen LogP contribution in [-0.2, 0) is 14.8 Å². The Morgan fingerprint density at radius 2 is 1.95 bits per heavy atom. The minimum absolute atomic E-state index is 0.0418. The average Bonchev–Trinajstić information content (AvgIpc) is 2.43. The number of rotatable bonds is 4. The summed E-state index contributed by atoms with van der Waals surface area (Å²) in [6.07, 6.45) is 0. The number of nitrogens with zero attached hydrogens (tertiary/aromatic N) is 1. The van der Waals surface area contributed by atoms with Gasteiger partial charge in [-0.3, -0.25) is 0 Å². The Balaban J connectivity index is 3.29. The molecule has 0 fully saturated rings. The normalized spacial score (nSPS) is 13.3. The Bertz CT molecular complexity index is 712. The van der Waals surface area contributed by atoms with Gasteiger partial charge in [-0.15, -0.1) is 0 Å². The molecule has 7 heteroatoms. The molecule has 1 aromatic carbocycles. The van der Waals surface area contributed by atoms with Gasteiger partial charge < -0.3 is 4.74 Å². The molecule has 0 aliphatic rings. The first-order valence-corrected chi connectivity index (χ1v) is 8.12. The van der Waals surface area contributed by atoms with Gasteiger partial charge in [0.25, 0.3) is 0 Å². The maximum Gasteiger partial charge on any atom is 0.337 e. The predicted octanol–water partition coefficient (Wildman–Crippen LogP) is 2.00. The van der Waals surface area contributed by atoms with Crippen LogP contribution in [0.4, 0.5) is 0 Å². The molecule has 120 valence electrons.